The molecule has 0 amide bonds. The van der Waals surface area contributed by atoms with Crippen molar-refractivity contribution >= 4 is 59.5 Å². The minimum absolute atomic E-state index is 0. The number of phosphoric acid groups is 2. The summed E-state index contributed by atoms with van der Waals surface area (Å²) in [5.74, 6) is 0. The van der Waals surface area contributed by atoms with E-state index in [-0.39, 0.29) is 37.7 Å². The van der Waals surface area contributed by atoms with Crippen LogP contribution in [-0.2, 0) is 18.0 Å². The molecule has 0 aliphatic heterocycles. The Morgan fingerprint density at radius 3 is 1.77 bits per heavy atom. The van der Waals surface area contributed by atoms with Gasteiger partial charge < -0.3 is 19.4 Å². The molecular weight excluding hydrogens is 258 g/mol. The van der Waals surface area contributed by atoms with Gasteiger partial charge in [-0.1, -0.05) is 0 Å². The molecule has 0 aliphatic rings. The van der Waals surface area contributed by atoms with Crippen LogP contribution in [-0.4, -0.2) is 63.7 Å². The molecule has 13 heavy (non-hydrogen) atoms. The maximum absolute atomic E-state index is 10.3. The summed E-state index contributed by atoms with van der Waals surface area (Å²) in [5.41, 5.74) is 0. The van der Waals surface area contributed by atoms with Gasteiger partial charge in [-0.25, -0.2) is 13.9 Å². The zero-order chi connectivity index (χ0) is 9.99. The minimum atomic E-state index is -5.24. The number of carbonyl (C=O) groups is 1. The molecule has 0 aromatic carbocycles. The van der Waals surface area contributed by atoms with E-state index in [1.54, 1.807) is 0 Å². The number of carboxylic acid groups (broad SMARTS) is 1. The van der Waals surface area contributed by atoms with E-state index in [1.165, 1.54) is 0 Å². The first-order chi connectivity index (χ1) is 5.12. The molecule has 0 heterocycles. The van der Waals surface area contributed by atoms with Crippen molar-refractivity contribution in [2.24, 2.45) is 0 Å². The summed E-state index contributed by atoms with van der Waals surface area (Å²) in [7, 11) is -10.5. The van der Waals surface area contributed by atoms with Crippen molar-refractivity contribution in [2.45, 2.75) is 0 Å². The van der Waals surface area contributed by atoms with Gasteiger partial charge in [0.15, 0.2) is 0 Å². The van der Waals surface area contributed by atoms with E-state index in [9.17, 15) is 13.9 Å². The Morgan fingerprint density at radius 2 is 1.54 bits per heavy atom. The van der Waals surface area contributed by atoms with Crippen LogP contribution in [0.5, 0.6) is 0 Å². The van der Waals surface area contributed by atoms with Gasteiger partial charge in [0.05, 0.1) is 0 Å². The molecule has 0 aromatic heterocycles. The van der Waals surface area contributed by atoms with Gasteiger partial charge in [0, 0.05) is 0 Å². The number of hydrogen-bond acceptors (Lipinski definition) is 5. The standard InChI is InChI=1S/CH4O9P2.Ca.2H/c2-1(3)9-12(7,8)10-11(4,5)6;;;/h(H,2,3)(H,7,8)(H2,4,5,6);;;. The molecule has 0 saturated heterocycles. The molecule has 1 atom stereocenters. The average Bonchev–Trinajstić information content (AvgIpc) is 1.48. The van der Waals surface area contributed by atoms with Crippen molar-refractivity contribution in [1.82, 2.24) is 0 Å². The topological polar surface area (TPSA) is 151 Å². The van der Waals surface area contributed by atoms with Gasteiger partial charge in [0.25, 0.3) is 0 Å². The second-order valence-electron chi connectivity index (χ2n) is 1.40. The first-order valence-electron chi connectivity index (χ1n) is 2.14. The quantitative estimate of drug-likeness (QED) is 0.370. The Balaban J connectivity index is 0. The Morgan fingerprint density at radius 1 is 1.15 bits per heavy atom. The van der Waals surface area contributed by atoms with E-state index in [4.69, 9.17) is 19.8 Å². The fraction of sp³-hybridized carbons (Fsp3) is 0. The fourth-order valence-electron chi connectivity index (χ4n) is 0.250. The van der Waals surface area contributed by atoms with Gasteiger partial charge in [0.2, 0.25) is 0 Å². The molecule has 12 heteroatoms. The van der Waals surface area contributed by atoms with Crippen molar-refractivity contribution < 1.29 is 42.5 Å². The molecule has 4 N–H and O–H groups in total. The number of hydrogen-bond donors (Lipinski definition) is 4. The van der Waals surface area contributed by atoms with Gasteiger partial charge >= 0.3 is 59.5 Å². The average molecular weight is 264 g/mol. The number of phosphoric ester groups is 1. The predicted octanol–water partition coefficient (Wildman–Crippen LogP) is -1.03. The normalized spacial score (nSPS) is 15.3. The molecule has 0 bridgehead atoms. The molecule has 0 aromatic rings. The van der Waals surface area contributed by atoms with Crippen LogP contribution in [0, 0.1) is 0 Å². The van der Waals surface area contributed by atoms with Gasteiger partial charge in [-0.2, -0.15) is 4.31 Å². The summed E-state index contributed by atoms with van der Waals surface area (Å²) in [6, 6.07) is 0. The second-order valence-corrected chi connectivity index (χ2v) is 4.15. The first-order valence-corrected chi connectivity index (χ1v) is 5.17. The summed E-state index contributed by atoms with van der Waals surface area (Å²) in [5, 5.41) is 7.76. The Bertz CT molecular complexity index is 265. The van der Waals surface area contributed by atoms with E-state index in [0.29, 0.717) is 0 Å². The SMILES string of the molecule is O=C(O)OP(=O)(O)OP(=O)(O)O.[CaH2]. The molecule has 0 fully saturated rings. The molecular formula is CH6CaO9P2. The van der Waals surface area contributed by atoms with E-state index in [2.05, 4.69) is 8.83 Å². The van der Waals surface area contributed by atoms with Crippen molar-refractivity contribution in [3.05, 3.63) is 0 Å². The fourth-order valence-corrected chi connectivity index (χ4v) is 1.66. The van der Waals surface area contributed by atoms with Gasteiger partial charge in [0.1, 0.15) is 0 Å². The molecule has 76 valence electrons. The Hall–Kier alpha value is 0.830. The Kier molecular flexibility index (Phi) is 7.07. The van der Waals surface area contributed by atoms with Crippen molar-refractivity contribution in [2.75, 3.05) is 0 Å². The maximum atomic E-state index is 10.3. The zero-order valence-electron chi connectivity index (χ0n) is 5.22. The van der Waals surface area contributed by atoms with E-state index >= 15 is 0 Å². The van der Waals surface area contributed by atoms with Crippen LogP contribution in [0.15, 0.2) is 0 Å². The summed E-state index contributed by atoms with van der Waals surface area (Å²) in [4.78, 5) is 33.8. The first kappa shape index (κ1) is 16.3. The molecule has 0 rings (SSSR count). The van der Waals surface area contributed by atoms with Crippen LogP contribution in [0.1, 0.15) is 0 Å². The molecule has 0 radical (unpaired) electrons. The van der Waals surface area contributed by atoms with E-state index in [0.717, 1.165) is 0 Å². The molecule has 0 spiro atoms. The van der Waals surface area contributed by atoms with E-state index < -0.39 is 21.8 Å². The van der Waals surface area contributed by atoms with Crippen molar-refractivity contribution in [3.8, 4) is 0 Å². The second kappa shape index (κ2) is 5.65. The summed E-state index contributed by atoms with van der Waals surface area (Å²) < 4.78 is 26.4. The van der Waals surface area contributed by atoms with E-state index in [1.807, 2.05) is 0 Å². The van der Waals surface area contributed by atoms with Crippen LogP contribution in [0.4, 0.5) is 4.79 Å². The van der Waals surface area contributed by atoms with Crippen molar-refractivity contribution in [3.63, 3.8) is 0 Å². The van der Waals surface area contributed by atoms with Gasteiger partial charge in [-0.05, 0) is 0 Å². The molecule has 9 nitrogen and oxygen atoms in total. The third-order valence-corrected chi connectivity index (χ3v) is 2.47. The van der Waals surface area contributed by atoms with Crippen LogP contribution in [0.3, 0.4) is 0 Å². The monoisotopic (exact) mass is 264 g/mol. The van der Waals surface area contributed by atoms with Crippen LogP contribution in [0.2, 0.25) is 0 Å². The molecule has 0 aliphatic carbocycles. The summed E-state index contributed by atoms with van der Waals surface area (Å²) in [6.07, 6.45) is -2.19. The van der Waals surface area contributed by atoms with Crippen LogP contribution >= 0.6 is 15.6 Å². The Labute approximate surface area is 102 Å². The number of rotatable bonds is 3. The van der Waals surface area contributed by atoms with Gasteiger partial charge in [-0.3, -0.25) is 4.89 Å². The molecule has 1 unspecified atom stereocenters. The van der Waals surface area contributed by atoms with Crippen molar-refractivity contribution in [1.29, 1.82) is 0 Å². The van der Waals surface area contributed by atoms with Crippen LogP contribution < -0.4 is 0 Å². The van der Waals surface area contributed by atoms with Crippen LogP contribution in [0.25, 0.3) is 0 Å². The van der Waals surface area contributed by atoms with Gasteiger partial charge in [-0.15, -0.1) is 0 Å². The molecule has 0 saturated carbocycles. The summed E-state index contributed by atoms with van der Waals surface area (Å²) >= 11 is 0. The predicted molar refractivity (Wildman–Crippen MR) is 40.6 cm³/mol. The third-order valence-electron chi connectivity index (χ3n) is 0.403. The third kappa shape index (κ3) is 10.8. The summed E-state index contributed by atoms with van der Waals surface area (Å²) in [6.45, 7) is 0. The zero-order valence-corrected chi connectivity index (χ0v) is 7.01.